The topological polar surface area (TPSA) is 84.0 Å². The van der Waals surface area contributed by atoms with Gasteiger partial charge in [0.2, 0.25) is 5.91 Å². The molecule has 3 heterocycles. The second-order valence-electron chi connectivity index (χ2n) is 4.62. The summed E-state index contributed by atoms with van der Waals surface area (Å²) in [6.45, 7) is 3.43. The predicted octanol–water partition coefficient (Wildman–Crippen LogP) is 3.85. The fourth-order valence-electron chi connectivity index (χ4n) is 1.76. The van der Waals surface area contributed by atoms with Gasteiger partial charge in [-0.2, -0.15) is 0 Å². The zero-order chi connectivity index (χ0) is 16.4. The van der Waals surface area contributed by atoms with E-state index in [0.29, 0.717) is 10.3 Å². The maximum absolute atomic E-state index is 12.2. The number of hydrogen-bond acceptors (Lipinski definition) is 7. The van der Waals surface area contributed by atoms with Crippen molar-refractivity contribution in [2.45, 2.75) is 13.8 Å². The summed E-state index contributed by atoms with van der Waals surface area (Å²) in [7, 11) is 0. The van der Waals surface area contributed by atoms with Crippen LogP contribution in [0.5, 0.6) is 0 Å². The monoisotopic (exact) mass is 364 g/mol. The van der Waals surface area contributed by atoms with Crippen molar-refractivity contribution in [1.82, 2.24) is 9.97 Å². The number of aryl methyl sites for hydroxylation is 1. The highest BCUT2D eigenvalue weighted by Gasteiger charge is 2.14. The summed E-state index contributed by atoms with van der Waals surface area (Å²) in [5, 5.41) is 9.70. The molecule has 3 rings (SSSR count). The first-order valence-electron chi connectivity index (χ1n) is 6.58. The highest BCUT2D eigenvalue weighted by molar-refractivity contribution is 7.17. The smallest absolute Gasteiger partial charge is 0.276 e. The lowest BCUT2D eigenvalue weighted by Gasteiger charge is -1.97. The van der Waals surface area contributed by atoms with Gasteiger partial charge in [0, 0.05) is 22.6 Å². The van der Waals surface area contributed by atoms with Gasteiger partial charge in [-0.3, -0.25) is 14.9 Å². The zero-order valence-electron chi connectivity index (χ0n) is 12.2. The molecule has 0 saturated carbocycles. The van der Waals surface area contributed by atoms with Crippen LogP contribution in [0.2, 0.25) is 0 Å². The standard InChI is InChI=1S/C14H12N4O2S3/c1-7-3-4-11(23-7)9-5-21-14(16-9)18-12(20)10-6-22-13(17-10)15-8(2)19/h3-6H,1-2H3,(H,15,17,19)(H,16,18,20). The van der Waals surface area contributed by atoms with Crippen LogP contribution < -0.4 is 10.6 Å². The Labute approximate surface area is 144 Å². The van der Waals surface area contributed by atoms with E-state index in [1.807, 2.05) is 24.4 Å². The molecule has 0 aliphatic heterocycles. The van der Waals surface area contributed by atoms with Crippen molar-refractivity contribution in [3.8, 4) is 10.6 Å². The molecule has 23 heavy (non-hydrogen) atoms. The average Bonchev–Trinajstić information content (AvgIpc) is 3.19. The van der Waals surface area contributed by atoms with Gasteiger partial charge in [-0.1, -0.05) is 0 Å². The maximum Gasteiger partial charge on any atom is 0.276 e. The van der Waals surface area contributed by atoms with Gasteiger partial charge in [-0.15, -0.1) is 34.0 Å². The van der Waals surface area contributed by atoms with Gasteiger partial charge in [0.1, 0.15) is 5.69 Å². The van der Waals surface area contributed by atoms with Gasteiger partial charge in [0.05, 0.1) is 10.6 Å². The van der Waals surface area contributed by atoms with E-state index in [4.69, 9.17) is 0 Å². The van der Waals surface area contributed by atoms with E-state index >= 15 is 0 Å². The van der Waals surface area contributed by atoms with Gasteiger partial charge in [0.15, 0.2) is 10.3 Å². The van der Waals surface area contributed by atoms with E-state index in [9.17, 15) is 9.59 Å². The van der Waals surface area contributed by atoms with Crippen molar-refractivity contribution in [2.24, 2.45) is 0 Å². The molecule has 0 aromatic carbocycles. The van der Waals surface area contributed by atoms with E-state index in [0.717, 1.165) is 10.6 Å². The predicted molar refractivity (Wildman–Crippen MR) is 94.5 cm³/mol. The Bertz CT molecular complexity index is 865. The molecule has 9 heteroatoms. The van der Waals surface area contributed by atoms with Crippen molar-refractivity contribution in [3.05, 3.63) is 33.5 Å². The normalized spacial score (nSPS) is 10.5. The van der Waals surface area contributed by atoms with Crippen LogP contribution in [0.4, 0.5) is 10.3 Å². The largest absolute Gasteiger partial charge is 0.302 e. The summed E-state index contributed by atoms with van der Waals surface area (Å²) in [6, 6.07) is 4.05. The number of thiophene rings is 1. The molecule has 3 aromatic rings. The number of amides is 2. The minimum atomic E-state index is -0.346. The fourth-order valence-corrected chi connectivity index (χ4v) is 4.11. The summed E-state index contributed by atoms with van der Waals surface area (Å²) in [4.78, 5) is 33.9. The van der Waals surface area contributed by atoms with Crippen LogP contribution in [-0.2, 0) is 4.79 Å². The lowest BCUT2D eigenvalue weighted by atomic mass is 10.4. The fraction of sp³-hybridized carbons (Fsp3) is 0.143. The van der Waals surface area contributed by atoms with Gasteiger partial charge in [0.25, 0.3) is 5.91 Å². The molecule has 3 aromatic heterocycles. The Morgan fingerprint density at radius 2 is 1.78 bits per heavy atom. The lowest BCUT2D eigenvalue weighted by molar-refractivity contribution is -0.114. The summed E-state index contributed by atoms with van der Waals surface area (Å²) >= 11 is 4.22. The minimum Gasteiger partial charge on any atom is -0.302 e. The number of aromatic nitrogens is 2. The van der Waals surface area contributed by atoms with Crippen molar-refractivity contribution >= 4 is 56.1 Å². The Morgan fingerprint density at radius 3 is 2.48 bits per heavy atom. The summed E-state index contributed by atoms with van der Waals surface area (Å²) < 4.78 is 0. The Balaban J connectivity index is 1.69. The first-order valence-corrected chi connectivity index (χ1v) is 9.15. The maximum atomic E-state index is 12.2. The van der Waals surface area contributed by atoms with E-state index in [-0.39, 0.29) is 17.5 Å². The minimum absolute atomic E-state index is 0.220. The Morgan fingerprint density at radius 1 is 1.04 bits per heavy atom. The van der Waals surface area contributed by atoms with Crippen LogP contribution in [0.3, 0.4) is 0 Å². The number of nitrogens with one attached hydrogen (secondary N) is 2. The Kier molecular flexibility index (Phi) is 4.51. The van der Waals surface area contributed by atoms with E-state index in [2.05, 4.69) is 20.6 Å². The number of thiazole rings is 2. The van der Waals surface area contributed by atoms with Crippen molar-refractivity contribution in [3.63, 3.8) is 0 Å². The number of carbonyl (C=O) groups excluding carboxylic acids is 2. The highest BCUT2D eigenvalue weighted by atomic mass is 32.1. The molecule has 0 spiro atoms. The lowest BCUT2D eigenvalue weighted by Crippen LogP contribution is -2.12. The second-order valence-corrected chi connectivity index (χ2v) is 7.63. The van der Waals surface area contributed by atoms with Gasteiger partial charge in [-0.25, -0.2) is 9.97 Å². The summed E-state index contributed by atoms with van der Waals surface area (Å²) in [5.74, 6) is -0.566. The van der Waals surface area contributed by atoms with Crippen molar-refractivity contribution in [1.29, 1.82) is 0 Å². The van der Waals surface area contributed by atoms with Crippen molar-refractivity contribution in [2.75, 3.05) is 10.6 Å². The highest BCUT2D eigenvalue weighted by Crippen LogP contribution is 2.30. The number of rotatable bonds is 4. The van der Waals surface area contributed by atoms with Crippen LogP contribution in [0.1, 0.15) is 22.3 Å². The molecule has 2 amide bonds. The van der Waals surface area contributed by atoms with Crippen LogP contribution in [-0.4, -0.2) is 21.8 Å². The molecule has 0 saturated heterocycles. The first kappa shape index (κ1) is 15.8. The van der Waals surface area contributed by atoms with Crippen LogP contribution in [0.15, 0.2) is 22.9 Å². The Hall–Kier alpha value is -2.10. The van der Waals surface area contributed by atoms with E-state index in [1.54, 1.807) is 16.7 Å². The molecule has 6 nitrogen and oxygen atoms in total. The molecule has 118 valence electrons. The van der Waals surface area contributed by atoms with Crippen molar-refractivity contribution < 1.29 is 9.59 Å². The third-order valence-corrected chi connectivity index (χ3v) is 5.28. The number of nitrogens with zero attached hydrogens (tertiary/aromatic N) is 2. The molecule has 0 atom stereocenters. The number of anilines is 2. The molecule has 0 bridgehead atoms. The van der Waals surface area contributed by atoms with E-state index < -0.39 is 0 Å². The number of carbonyl (C=O) groups is 2. The quantitative estimate of drug-likeness (QED) is 0.736. The molecule has 0 radical (unpaired) electrons. The second kappa shape index (κ2) is 6.57. The molecule has 0 aliphatic rings. The molecule has 0 unspecified atom stereocenters. The molecule has 0 fully saturated rings. The molecular weight excluding hydrogens is 352 g/mol. The third kappa shape index (κ3) is 3.81. The summed E-state index contributed by atoms with van der Waals surface area (Å²) in [5.41, 5.74) is 1.10. The van der Waals surface area contributed by atoms with Gasteiger partial charge in [-0.05, 0) is 19.1 Å². The van der Waals surface area contributed by atoms with Crippen LogP contribution >= 0.6 is 34.0 Å². The van der Waals surface area contributed by atoms with Gasteiger partial charge >= 0.3 is 0 Å². The van der Waals surface area contributed by atoms with E-state index in [1.165, 1.54) is 34.5 Å². The summed E-state index contributed by atoms with van der Waals surface area (Å²) in [6.07, 6.45) is 0. The number of hydrogen-bond donors (Lipinski definition) is 2. The SMILES string of the molecule is CC(=O)Nc1nc(C(=O)Nc2nc(-c3ccc(C)s3)cs2)cs1. The average molecular weight is 364 g/mol. The molecule has 0 aliphatic carbocycles. The first-order chi connectivity index (χ1) is 11.0. The third-order valence-electron chi connectivity index (χ3n) is 2.74. The molecular formula is C14H12N4O2S3. The van der Waals surface area contributed by atoms with Gasteiger partial charge < -0.3 is 5.32 Å². The van der Waals surface area contributed by atoms with Crippen LogP contribution in [0, 0.1) is 6.92 Å². The zero-order valence-corrected chi connectivity index (χ0v) is 14.7. The molecule has 2 N–H and O–H groups in total. The van der Waals surface area contributed by atoms with Crippen LogP contribution in [0.25, 0.3) is 10.6 Å².